The SMILES string of the molecule is CC(C)C(CN)c1nc2nccnn2c1Cl. The van der Waals surface area contributed by atoms with Crippen LogP contribution in [0.5, 0.6) is 0 Å². The zero-order valence-electron chi connectivity index (χ0n) is 9.26. The van der Waals surface area contributed by atoms with Gasteiger partial charge < -0.3 is 5.73 Å². The number of imidazole rings is 1. The number of halogens is 1. The lowest BCUT2D eigenvalue weighted by Gasteiger charge is -2.16. The molecule has 2 N–H and O–H groups in total. The molecule has 2 aromatic rings. The summed E-state index contributed by atoms with van der Waals surface area (Å²) < 4.78 is 1.53. The Hall–Kier alpha value is -1.20. The first-order chi connectivity index (χ1) is 7.65. The summed E-state index contributed by atoms with van der Waals surface area (Å²) in [6.45, 7) is 4.71. The predicted molar refractivity (Wildman–Crippen MR) is 62.4 cm³/mol. The number of hydrogen-bond acceptors (Lipinski definition) is 4. The van der Waals surface area contributed by atoms with Crippen molar-refractivity contribution in [3.8, 4) is 0 Å². The molecule has 2 aromatic heterocycles. The number of nitrogens with two attached hydrogens (primary N) is 1. The minimum absolute atomic E-state index is 0.135. The largest absolute Gasteiger partial charge is 0.330 e. The van der Waals surface area contributed by atoms with Crippen LogP contribution in [-0.2, 0) is 0 Å². The van der Waals surface area contributed by atoms with Crippen molar-refractivity contribution in [2.75, 3.05) is 6.54 Å². The summed E-state index contributed by atoms with van der Waals surface area (Å²) in [5.41, 5.74) is 6.53. The lowest BCUT2D eigenvalue weighted by molar-refractivity contribution is 0.497. The Morgan fingerprint density at radius 3 is 2.75 bits per heavy atom. The van der Waals surface area contributed by atoms with Gasteiger partial charge in [0.2, 0.25) is 0 Å². The summed E-state index contributed by atoms with van der Waals surface area (Å²) in [6.07, 6.45) is 3.17. The molecule has 1 unspecified atom stereocenters. The number of aromatic nitrogens is 4. The Morgan fingerprint density at radius 2 is 2.19 bits per heavy atom. The molecule has 0 aliphatic carbocycles. The number of hydrogen-bond donors (Lipinski definition) is 1. The first kappa shape index (κ1) is 11.3. The summed E-state index contributed by atoms with van der Waals surface area (Å²) in [5, 5.41) is 4.60. The van der Waals surface area contributed by atoms with Crippen molar-refractivity contribution in [2.45, 2.75) is 19.8 Å². The van der Waals surface area contributed by atoms with Gasteiger partial charge in [-0.2, -0.15) is 9.61 Å². The van der Waals surface area contributed by atoms with E-state index < -0.39 is 0 Å². The van der Waals surface area contributed by atoms with E-state index in [4.69, 9.17) is 17.3 Å². The van der Waals surface area contributed by atoms with Gasteiger partial charge in [0.1, 0.15) is 0 Å². The molecule has 16 heavy (non-hydrogen) atoms. The number of fused-ring (bicyclic) bond motifs is 1. The smallest absolute Gasteiger partial charge is 0.252 e. The highest BCUT2D eigenvalue weighted by Crippen LogP contribution is 2.28. The van der Waals surface area contributed by atoms with Crippen LogP contribution >= 0.6 is 11.6 Å². The Bertz CT molecular complexity index is 493. The van der Waals surface area contributed by atoms with Gasteiger partial charge in [-0.1, -0.05) is 25.4 Å². The fraction of sp³-hybridized carbons (Fsp3) is 0.500. The second-order valence-electron chi connectivity index (χ2n) is 4.03. The standard InChI is InChI=1S/C10H14ClN5/c1-6(2)7(5-12)8-9(11)16-10(15-8)13-3-4-14-16/h3-4,6-7H,5,12H2,1-2H3. The average Bonchev–Trinajstić information content (AvgIpc) is 2.58. The molecule has 0 spiro atoms. The monoisotopic (exact) mass is 239 g/mol. The zero-order valence-corrected chi connectivity index (χ0v) is 10.0. The van der Waals surface area contributed by atoms with E-state index >= 15 is 0 Å². The fourth-order valence-electron chi connectivity index (χ4n) is 1.72. The van der Waals surface area contributed by atoms with Crippen molar-refractivity contribution in [3.05, 3.63) is 23.2 Å². The van der Waals surface area contributed by atoms with E-state index in [1.54, 1.807) is 12.4 Å². The van der Waals surface area contributed by atoms with Gasteiger partial charge >= 0.3 is 0 Å². The van der Waals surface area contributed by atoms with Crippen LogP contribution in [0.1, 0.15) is 25.5 Å². The maximum Gasteiger partial charge on any atom is 0.252 e. The van der Waals surface area contributed by atoms with E-state index in [-0.39, 0.29) is 5.92 Å². The van der Waals surface area contributed by atoms with Crippen molar-refractivity contribution >= 4 is 17.4 Å². The van der Waals surface area contributed by atoms with Gasteiger partial charge in [-0.3, -0.25) is 0 Å². The summed E-state index contributed by atoms with van der Waals surface area (Å²) >= 11 is 6.22. The van der Waals surface area contributed by atoms with Crippen molar-refractivity contribution in [2.24, 2.45) is 11.7 Å². The van der Waals surface area contributed by atoms with Crippen LogP contribution in [-0.4, -0.2) is 26.1 Å². The molecule has 0 aliphatic rings. The normalized spacial score (nSPS) is 13.6. The Kier molecular flexibility index (Phi) is 3.07. The lowest BCUT2D eigenvalue weighted by atomic mass is 9.93. The van der Waals surface area contributed by atoms with Crippen LogP contribution < -0.4 is 5.73 Å². The Balaban J connectivity index is 2.56. The Labute approximate surface area is 98.6 Å². The molecule has 0 aliphatic heterocycles. The minimum atomic E-state index is 0.135. The molecule has 0 radical (unpaired) electrons. The van der Waals surface area contributed by atoms with Gasteiger partial charge in [-0.25, -0.2) is 9.97 Å². The molecular formula is C10H14ClN5. The Morgan fingerprint density at radius 1 is 1.44 bits per heavy atom. The minimum Gasteiger partial charge on any atom is -0.330 e. The van der Waals surface area contributed by atoms with E-state index in [9.17, 15) is 0 Å². The second kappa shape index (κ2) is 4.35. The summed E-state index contributed by atoms with van der Waals surface area (Å²) in [4.78, 5) is 8.48. The molecule has 2 rings (SSSR count). The van der Waals surface area contributed by atoms with Crippen LogP contribution in [0.25, 0.3) is 5.78 Å². The quantitative estimate of drug-likeness (QED) is 0.881. The van der Waals surface area contributed by atoms with Crippen molar-refractivity contribution in [3.63, 3.8) is 0 Å². The fourth-order valence-corrected chi connectivity index (χ4v) is 2.02. The molecule has 0 saturated carbocycles. The molecule has 0 saturated heterocycles. The molecule has 0 fully saturated rings. The average molecular weight is 240 g/mol. The third-order valence-electron chi connectivity index (χ3n) is 2.66. The molecule has 1 atom stereocenters. The maximum absolute atomic E-state index is 6.22. The molecule has 0 amide bonds. The zero-order chi connectivity index (χ0) is 11.7. The number of rotatable bonds is 3. The molecular weight excluding hydrogens is 226 g/mol. The lowest BCUT2D eigenvalue weighted by Crippen LogP contribution is -2.18. The first-order valence-corrected chi connectivity index (χ1v) is 5.58. The highest BCUT2D eigenvalue weighted by molar-refractivity contribution is 6.30. The van der Waals surface area contributed by atoms with Gasteiger partial charge in [0, 0.05) is 12.5 Å². The van der Waals surface area contributed by atoms with Gasteiger partial charge in [0.05, 0.1) is 18.1 Å². The molecule has 86 valence electrons. The van der Waals surface area contributed by atoms with E-state index in [2.05, 4.69) is 28.9 Å². The predicted octanol–water partition coefficient (Wildman–Crippen LogP) is 1.48. The van der Waals surface area contributed by atoms with E-state index in [0.29, 0.717) is 23.4 Å². The van der Waals surface area contributed by atoms with E-state index in [1.807, 2.05) is 0 Å². The van der Waals surface area contributed by atoms with E-state index in [0.717, 1.165) is 5.69 Å². The van der Waals surface area contributed by atoms with Crippen LogP contribution in [0.3, 0.4) is 0 Å². The maximum atomic E-state index is 6.22. The molecule has 2 heterocycles. The summed E-state index contributed by atoms with van der Waals surface area (Å²) in [7, 11) is 0. The molecule has 5 nitrogen and oxygen atoms in total. The highest BCUT2D eigenvalue weighted by atomic mass is 35.5. The second-order valence-corrected chi connectivity index (χ2v) is 4.39. The molecule has 6 heteroatoms. The summed E-state index contributed by atoms with van der Waals surface area (Å²) in [5.74, 6) is 1.03. The van der Waals surface area contributed by atoms with Crippen LogP contribution in [0, 0.1) is 5.92 Å². The third kappa shape index (κ3) is 1.76. The first-order valence-electron chi connectivity index (χ1n) is 5.20. The topological polar surface area (TPSA) is 69.1 Å². The molecule has 0 aromatic carbocycles. The highest BCUT2D eigenvalue weighted by Gasteiger charge is 2.22. The summed E-state index contributed by atoms with van der Waals surface area (Å²) in [6, 6.07) is 0. The van der Waals surface area contributed by atoms with Crippen LogP contribution in [0.2, 0.25) is 5.15 Å². The van der Waals surface area contributed by atoms with Gasteiger partial charge in [0.15, 0.2) is 5.15 Å². The van der Waals surface area contributed by atoms with Crippen molar-refractivity contribution in [1.29, 1.82) is 0 Å². The third-order valence-corrected chi connectivity index (χ3v) is 3.01. The van der Waals surface area contributed by atoms with Crippen LogP contribution in [0.15, 0.2) is 12.4 Å². The van der Waals surface area contributed by atoms with Crippen molar-refractivity contribution < 1.29 is 0 Å². The van der Waals surface area contributed by atoms with E-state index in [1.165, 1.54) is 4.52 Å². The van der Waals surface area contributed by atoms with Crippen LogP contribution in [0.4, 0.5) is 0 Å². The van der Waals surface area contributed by atoms with Crippen molar-refractivity contribution in [1.82, 2.24) is 19.6 Å². The number of nitrogens with zero attached hydrogens (tertiary/aromatic N) is 4. The molecule has 0 bridgehead atoms. The van der Waals surface area contributed by atoms with Gasteiger partial charge in [-0.15, -0.1) is 0 Å². The van der Waals surface area contributed by atoms with Gasteiger partial charge in [-0.05, 0) is 5.92 Å². The van der Waals surface area contributed by atoms with Gasteiger partial charge in [0.25, 0.3) is 5.78 Å².